The lowest BCUT2D eigenvalue weighted by atomic mass is 9.91. The number of phenols is 2. The van der Waals surface area contributed by atoms with Gasteiger partial charge < -0.3 is 20.8 Å². The Hall–Kier alpha value is -3.92. The van der Waals surface area contributed by atoms with Gasteiger partial charge in [-0.25, -0.2) is 0 Å². The molecule has 0 heterocycles. The minimum Gasteiger partial charge on any atom is -0.508 e. The normalized spacial score (nSPS) is 12.7. The van der Waals surface area contributed by atoms with Crippen LogP contribution >= 0.6 is 0 Å². The van der Waals surface area contributed by atoms with Crippen LogP contribution < -0.4 is 10.6 Å². The number of phenolic OH excluding ortho intramolecular Hbond substituents is 2. The number of nitrogens with one attached hydrogen (secondary N) is 2. The van der Waals surface area contributed by atoms with Gasteiger partial charge in [0, 0.05) is 22.5 Å². The highest BCUT2D eigenvalue weighted by atomic mass is 16.3. The van der Waals surface area contributed by atoms with Crippen LogP contribution in [0.25, 0.3) is 0 Å². The second kappa shape index (κ2) is 9.05. The number of anilines is 2. The van der Waals surface area contributed by atoms with Gasteiger partial charge in [-0.05, 0) is 36.4 Å². The molecule has 4 aromatic carbocycles. The Balaban J connectivity index is 1.83. The van der Waals surface area contributed by atoms with Crippen molar-refractivity contribution in [2.45, 2.75) is 12.1 Å². The fraction of sp³-hybridized carbons (Fsp3) is 0.0769. The van der Waals surface area contributed by atoms with Gasteiger partial charge in [0.1, 0.15) is 11.5 Å². The summed E-state index contributed by atoms with van der Waals surface area (Å²) >= 11 is 0. The van der Waals surface area contributed by atoms with Gasteiger partial charge in [0.15, 0.2) is 0 Å². The second-order valence-corrected chi connectivity index (χ2v) is 7.09. The summed E-state index contributed by atoms with van der Waals surface area (Å²) in [6, 6.07) is 33.6. The fourth-order valence-corrected chi connectivity index (χ4v) is 3.61. The zero-order valence-corrected chi connectivity index (χ0v) is 16.4. The first-order valence-corrected chi connectivity index (χ1v) is 9.91. The predicted molar refractivity (Wildman–Crippen MR) is 122 cm³/mol. The summed E-state index contributed by atoms with van der Waals surface area (Å²) in [6.45, 7) is 0. The van der Waals surface area contributed by atoms with Gasteiger partial charge in [-0.2, -0.15) is 0 Å². The summed E-state index contributed by atoms with van der Waals surface area (Å²) in [5.41, 5.74) is 3.30. The molecule has 4 aromatic rings. The molecule has 2 atom stereocenters. The molecule has 4 heteroatoms. The van der Waals surface area contributed by atoms with Crippen molar-refractivity contribution in [1.29, 1.82) is 0 Å². The average Bonchev–Trinajstić information content (AvgIpc) is 2.79. The quantitative estimate of drug-likeness (QED) is 0.305. The van der Waals surface area contributed by atoms with Crippen LogP contribution in [0.3, 0.4) is 0 Å². The van der Waals surface area contributed by atoms with Crippen molar-refractivity contribution < 1.29 is 10.2 Å². The van der Waals surface area contributed by atoms with Gasteiger partial charge in [0.25, 0.3) is 0 Å². The zero-order valence-electron chi connectivity index (χ0n) is 16.4. The third-order valence-electron chi connectivity index (χ3n) is 5.07. The van der Waals surface area contributed by atoms with Crippen LogP contribution in [0.2, 0.25) is 0 Å². The lowest BCUT2D eigenvalue weighted by molar-refractivity contribution is 0.447. The van der Waals surface area contributed by atoms with Crippen LogP contribution in [0.5, 0.6) is 11.5 Å². The van der Waals surface area contributed by atoms with Crippen molar-refractivity contribution >= 4 is 11.4 Å². The van der Waals surface area contributed by atoms with Gasteiger partial charge in [0.05, 0.1) is 12.1 Å². The van der Waals surface area contributed by atoms with Crippen molar-refractivity contribution in [2.24, 2.45) is 0 Å². The highest BCUT2D eigenvalue weighted by Gasteiger charge is 2.29. The van der Waals surface area contributed by atoms with Crippen molar-refractivity contribution in [2.75, 3.05) is 10.6 Å². The number of benzene rings is 4. The molecule has 4 rings (SSSR count). The minimum absolute atomic E-state index is 0.196. The van der Waals surface area contributed by atoms with Crippen LogP contribution in [-0.4, -0.2) is 10.2 Å². The van der Waals surface area contributed by atoms with Crippen molar-refractivity contribution in [3.8, 4) is 11.5 Å². The van der Waals surface area contributed by atoms with E-state index in [4.69, 9.17) is 0 Å². The number of hydrogen-bond donors (Lipinski definition) is 4. The van der Waals surface area contributed by atoms with E-state index in [0.29, 0.717) is 0 Å². The second-order valence-electron chi connectivity index (χ2n) is 7.09. The molecule has 0 bridgehead atoms. The van der Waals surface area contributed by atoms with Crippen LogP contribution in [0.15, 0.2) is 109 Å². The van der Waals surface area contributed by atoms with Crippen LogP contribution in [0, 0.1) is 0 Å². The Morgan fingerprint density at radius 1 is 0.433 bits per heavy atom. The lowest BCUT2D eigenvalue weighted by Gasteiger charge is -2.32. The summed E-state index contributed by atoms with van der Waals surface area (Å²) in [7, 11) is 0. The molecule has 0 saturated carbocycles. The Morgan fingerprint density at radius 3 is 1.13 bits per heavy atom. The first kappa shape index (κ1) is 19.4. The fourth-order valence-electron chi connectivity index (χ4n) is 3.61. The summed E-state index contributed by atoms with van der Waals surface area (Å²) in [5, 5.41) is 28.4. The molecule has 0 radical (unpaired) electrons. The Kier molecular flexibility index (Phi) is 5.85. The number of rotatable bonds is 7. The molecule has 150 valence electrons. The first-order valence-electron chi connectivity index (χ1n) is 9.91. The van der Waals surface area contributed by atoms with Gasteiger partial charge >= 0.3 is 0 Å². The molecule has 0 spiro atoms. The molecule has 0 saturated heterocycles. The van der Waals surface area contributed by atoms with E-state index in [1.807, 2.05) is 84.9 Å². The van der Waals surface area contributed by atoms with Crippen molar-refractivity contribution in [1.82, 2.24) is 0 Å². The van der Waals surface area contributed by atoms with Crippen LogP contribution in [0.1, 0.15) is 23.2 Å². The summed E-state index contributed by atoms with van der Waals surface area (Å²) < 4.78 is 0. The topological polar surface area (TPSA) is 64.5 Å². The Labute approximate surface area is 176 Å². The highest BCUT2D eigenvalue weighted by molar-refractivity contribution is 5.54. The van der Waals surface area contributed by atoms with Crippen molar-refractivity contribution in [3.05, 3.63) is 120 Å². The standard InChI is InChI=1S/C26H24N2O2/c29-23-17-9-7-15-21(23)25(27-19-11-3-1-4-12-19)26(22-16-8-10-18-24(22)30)28-20-13-5-2-6-14-20/h1-18,25-30H/t25-,26+. The summed E-state index contributed by atoms with van der Waals surface area (Å²) in [5.74, 6) is 0.391. The van der Waals surface area contributed by atoms with Gasteiger partial charge in [0.2, 0.25) is 0 Å². The lowest BCUT2D eigenvalue weighted by Crippen LogP contribution is -2.26. The average molecular weight is 396 g/mol. The highest BCUT2D eigenvalue weighted by Crippen LogP contribution is 2.41. The third-order valence-corrected chi connectivity index (χ3v) is 5.07. The smallest absolute Gasteiger partial charge is 0.120 e. The van der Waals surface area contributed by atoms with Gasteiger partial charge in [-0.3, -0.25) is 0 Å². The molecule has 4 nitrogen and oxygen atoms in total. The molecule has 0 aliphatic heterocycles. The van der Waals surface area contributed by atoms with E-state index in [1.54, 1.807) is 24.3 Å². The Bertz CT molecular complexity index is 995. The molecular formula is C26H24N2O2. The maximum atomic E-state index is 10.7. The molecule has 0 aliphatic carbocycles. The molecular weight excluding hydrogens is 372 g/mol. The summed E-state index contributed by atoms with van der Waals surface area (Å²) in [4.78, 5) is 0. The van der Waals surface area contributed by atoms with E-state index in [9.17, 15) is 10.2 Å². The molecule has 30 heavy (non-hydrogen) atoms. The minimum atomic E-state index is -0.359. The number of hydrogen-bond acceptors (Lipinski definition) is 4. The Morgan fingerprint density at radius 2 is 0.767 bits per heavy atom. The molecule has 0 fully saturated rings. The zero-order chi connectivity index (χ0) is 20.8. The van der Waals surface area contributed by atoms with E-state index >= 15 is 0 Å². The molecule has 4 N–H and O–H groups in total. The molecule has 0 unspecified atom stereocenters. The van der Waals surface area contributed by atoms with E-state index in [0.717, 1.165) is 22.5 Å². The van der Waals surface area contributed by atoms with Crippen molar-refractivity contribution in [3.63, 3.8) is 0 Å². The molecule has 0 amide bonds. The van der Waals surface area contributed by atoms with Crippen LogP contribution in [-0.2, 0) is 0 Å². The maximum Gasteiger partial charge on any atom is 0.120 e. The SMILES string of the molecule is Oc1ccccc1[C@@H](Nc1ccccc1)[C@@H](Nc1ccccc1)c1ccccc1O. The van der Waals surface area contributed by atoms with Crippen LogP contribution in [0.4, 0.5) is 11.4 Å². The van der Waals surface area contributed by atoms with E-state index in [1.165, 1.54) is 0 Å². The molecule has 0 aromatic heterocycles. The summed E-state index contributed by atoms with van der Waals surface area (Å²) in [6.07, 6.45) is 0. The third kappa shape index (κ3) is 4.39. The van der Waals surface area contributed by atoms with E-state index in [2.05, 4.69) is 10.6 Å². The number of para-hydroxylation sites is 4. The monoisotopic (exact) mass is 396 g/mol. The predicted octanol–water partition coefficient (Wildman–Crippen LogP) is 6.10. The van der Waals surface area contributed by atoms with Gasteiger partial charge in [-0.1, -0.05) is 72.8 Å². The van der Waals surface area contributed by atoms with E-state index < -0.39 is 0 Å². The number of aromatic hydroxyl groups is 2. The van der Waals surface area contributed by atoms with Gasteiger partial charge in [-0.15, -0.1) is 0 Å². The van der Waals surface area contributed by atoms with E-state index in [-0.39, 0.29) is 23.6 Å². The maximum absolute atomic E-state index is 10.7. The molecule has 0 aliphatic rings. The largest absolute Gasteiger partial charge is 0.508 e. The first-order chi connectivity index (χ1) is 14.7.